The van der Waals surface area contributed by atoms with Gasteiger partial charge in [0, 0.05) is 11.1 Å². The number of rotatable bonds is 2. The molecule has 1 aliphatic heterocycles. The molecule has 2 aromatic rings. The average molecular weight is 274 g/mol. The summed E-state index contributed by atoms with van der Waals surface area (Å²) in [5.41, 5.74) is 1.85. The molecule has 4 heteroatoms. The maximum absolute atomic E-state index is 12.7. The van der Waals surface area contributed by atoms with Crippen molar-refractivity contribution in [1.29, 1.82) is 0 Å². The van der Waals surface area contributed by atoms with Crippen LogP contribution in [0.3, 0.4) is 0 Å². The third-order valence-corrected chi connectivity index (χ3v) is 4.98. The predicted molar refractivity (Wildman–Crippen MR) is 75.2 cm³/mol. The van der Waals surface area contributed by atoms with E-state index in [1.807, 2.05) is 55.5 Å². The first-order valence-corrected chi connectivity index (χ1v) is 8.11. The van der Waals surface area contributed by atoms with E-state index in [1.165, 1.54) is 0 Å². The average Bonchev–Trinajstić information content (AvgIpc) is 2.52. The van der Waals surface area contributed by atoms with Gasteiger partial charge < -0.3 is 13.9 Å². The Morgan fingerprint density at radius 2 is 1.37 bits per heavy atom. The van der Waals surface area contributed by atoms with E-state index in [2.05, 4.69) is 0 Å². The van der Waals surface area contributed by atoms with Gasteiger partial charge in [0.05, 0.1) is 0 Å². The van der Waals surface area contributed by atoms with Crippen LogP contribution in [0.15, 0.2) is 48.5 Å². The number of para-hydroxylation sites is 2. The topological polar surface area (TPSA) is 41.5 Å². The molecule has 1 aliphatic rings. The molecule has 0 atom stereocenters. The highest BCUT2D eigenvalue weighted by atomic mass is 31.2. The number of fused-ring (bicyclic) bond motifs is 3. The fraction of sp³-hybridized carbons (Fsp3) is 0.200. The normalized spacial score (nSPS) is 15.5. The summed E-state index contributed by atoms with van der Waals surface area (Å²) in [6.45, 7) is 1.97. The number of benzene rings is 2. The molecule has 19 heavy (non-hydrogen) atoms. The Balaban J connectivity index is 2.18. The molecule has 0 fully saturated rings. The Hall–Kier alpha value is -1.57. The summed E-state index contributed by atoms with van der Waals surface area (Å²) in [4.78, 5) is 12.7. The van der Waals surface area contributed by atoms with Crippen molar-refractivity contribution in [1.82, 2.24) is 0 Å². The van der Waals surface area contributed by atoms with E-state index in [4.69, 9.17) is 9.05 Å². The van der Waals surface area contributed by atoms with Crippen molar-refractivity contribution in [2.45, 2.75) is 13.3 Å². The molecule has 3 nitrogen and oxygen atoms in total. The zero-order chi connectivity index (χ0) is 13.3. The van der Waals surface area contributed by atoms with Gasteiger partial charge in [-0.05, 0) is 18.6 Å². The minimum absolute atomic E-state index is 0.412. The van der Waals surface area contributed by atoms with Gasteiger partial charge in [-0.15, -0.1) is 0 Å². The van der Waals surface area contributed by atoms with Gasteiger partial charge >= 0.3 is 7.94 Å². The molecule has 1 heterocycles. The van der Waals surface area contributed by atoms with E-state index in [-0.39, 0.29) is 0 Å². The zero-order valence-corrected chi connectivity index (χ0v) is 11.6. The highest BCUT2D eigenvalue weighted by molar-refractivity contribution is 7.60. The summed E-state index contributed by atoms with van der Waals surface area (Å²) in [5, 5.41) is 0. The van der Waals surface area contributed by atoms with Crippen LogP contribution >= 0.6 is 7.94 Å². The summed E-state index contributed by atoms with van der Waals surface area (Å²) in [6.07, 6.45) is 1.16. The number of hydrogen-bond donors (Lipinski definition) is 0. The van der Waals surface area contributed by atoms with Crippen LogP contribution in [-0.2, 0) is 0 Å². The highest BCUT2D eigenvalue weighted by Crippen LogP contribution is 2.58. The third kappa shape index (κ3) is 2.32. The summed E-state index contributed by atoms with van der Waals surface area (Å²) < 4.78 is 11.4. The van der Waals surface area contributed by atoms with E-state index >= 15 is 0 Å². The quantitative estimate of drug-likeness (QED) is 0.785. The lowest BCUT2D eigenvalue weighted by atomic mass is 10.0. The molecular weight excluding hydrogens is 259 g/mol. The lowest BCUT2D eigenvalue weighted by molar-refractivity contribution is -0.202. The summed E-state index contributed by atoms with van der Waals surface area (Å²) in [7, 11) is -3.12. The van der Waals surface area contributed by atoms with Crippen molar-refractivity contribution >= 4 is 7.94 Å². The molecule has 0 amide bonds. The van der Waals surface area contributed by atoms with Gasteiger partial charge in [-0.25, -0.2) is 0 Å². The summed E-state index contributed by atoms with van der Waals surface area (Å²) in [5.74, 6) is 1.26. The second-order valence-electron chi connectivity index (χ2n) is 4.51. The van der Waals surface area contributed by atoms with Crippen LogP contribution in [0.2, 0.25) is 0 Å². The van der Waals surface area contributed by atoms with Gasteiger partial charge in [-0.2, -0.15) is 0 Å². The van der Waals surface area contributed by atoms with Gasteiger partial charge in [0.2, 0.25) is 0 Å². The SMILES string of the molecule is CCC[P+]1([O-])Oc2ccccc2-c2ccccc2O1. The third-order valence-electron chi connectivity index (χ3n) is 3.04. The molecular formula is C15H15O3P. The molecule has 0 saturated carbocycles. The lowest BCUT2D eigenvalue weighted by Gasteiger charge is -2.25. The second kappa shape index (κ2) is 4.84. The molecule has 0 N–H and O–H groups in total. The molecule has 0 spiro atoms. The van der Waals surface area contributed by atoms with Crippen molar-refractivity contribution in [2.24, 2.45) is 0 Å². The maximum atomic E-state index is 12.7. The molecule has 0 bridgehead atoms. The molecule has 0 unspecified atom stereocenters. The van der Waals surface area contributed by atoms with Crippen molar-refractivity contribution in [3.8, 4) is 22.6 Å². The Morgan fingerprint density at radius 1 is 0.895 bits per heavy atom. The smallest absolute Gasteiger partial charge is 0.332 e. The molecule has 2 aromatic carbocycles. The van der Waals surface area contributed by atoms with E-state index in [9.17, 15) is 4.89 Å². The van der Waals surface area contributed by atoms with E-state index in [0.29, 0.717) is 17.7 Å². The van der Waals surface area contributed by atoms with Crippen LogP contribution in [0.1, 0.15) is 13.3 Å². The minimum atomic E-state index is -3.12. The first kappa shape index (κ1) is 12.5. The summed E-state index contributed by atoms with van der Waals surface area (Å²) in [6, 6.07) is 15.2. The molecule has 3 rings (SSSR count). The monoisotopic (exact) mass is 274 g/mol. The van der Waals surface area contributed by atoms with Crippen LogP contribution in [-0.4, -0.2) is 6.16 Å². The Bertz CT molecular complexity index is 550. The number of hydrogen-bond acceptors (Lipinski definition) is 3. The second-order valence-corrected chi connectivity index (χ2v) is 6.54. The van der Waals surface area contributed by atoms with Gasteiger partial charge in [0.1, 0.15) is 6.16 Å². The lowest BCUT2D eigenvalue weighted by Crippen LogP contribution is -2.23. The van der Waals surface area contributed by atoms with Crippen LogP contribution in [0, 0.1) is 0 Å². The van der Waals surface area contributed by atoms with Crippen molar-refractivity contribution in [2.75, 3.05) is 6.16 Å². The van der Waals surface area contributed by atoms with Crippen LogP contribution in [0.25, 0.3) is 11.1 Å². The molecule has 0 aliphatic carbocycles. The van der Waals surface area contributed by atoms with Gasteiger partial charge in [-0.1, -0.05) is 43.3 Å². The van der Waals surface area contributed by atoms with E-state index < -0.39 is 7.94 Å². The minimum Gasteiger partial charge on any atom is -0.617 e. The molecule has 0 saturated heterocycles. The van der Waals surface area contributed by atoms with Crippen LogP contribution < -0.4 is 13.9 Å². The Morgan fingerprint density at radius 3 is 1.84 bits per heavy atom. The van der Waals surface area contributed by atoms with E-state index in [0.717, 1.165) is 17.5 Å². The molecule has 0 aromatic heterocycles. The van der Waals surface area contributed by atoms with E-state index in [1.54, 1.807) is 0 Å². The van der Waals surface area contributed by atoms with Gasteiger partial charge in [-0.3, -0.25) is 0 Å². The molecule has 98 valence electrons. The fourth-order valence-corrected chi connectivity index (χ4v) is 3.91. The van der Waals surface area contributed by atoms with Crippen molar-refractivity contribution in [3.63, 3.8) is 0 Å². The molecule has 0 radical (unpaired) electrons. The van der Waals surface area contributed by atoms with Crippen LogP contribution in [0.4, 0.5) is 0 Å². The fourth-order valence-electron chi connectivity index (χ4n) is 2.22. The predicted octanol–water partition coefficient (Wildman–Crippen LogP) is 3.66. The maximum Gasteiger partial charge on any atom is 0.332 e. The standard InChI is InChI=1S/C15H15O3P/c1-2-11-19(16)17-14-9-5-3-7-12(14)13-8-4-6-10-15(13)18-19/h3-10H,2,11H2,1H3. The highest BCUT2D eigenvalue weighted by Gasteiger charge is 2.37. The first-order valence-electron chi connectivity index (χ1n) is 6.38. The Labute approximate surface area is 113 Å². The van der Waals surface area contributed by atoms with Crippen LogP contribution in [0.5, 0.6) is 11.5 Å². The zero-order valence-electron chi connectivity index (χ0n) is 10.7. The van der Waals surface area contributed by atoms with Gasteiger partial charge in [0.25, 0.3) is 0 Å². The van der Waals surface area contributed by atoms with Crippen molar-refractivity contribution in [3.05, 3.63) is 48.5 Å². The van der Waals surface area contributed by atoms with Crippen molar-refractivity contribution < 1.29 is 13.9 Å². The first-order chi connectivity index (χ1) is 9.22. The largest absolute Gasteiger partial charge is 0.617 e. The van der Waals surface area contributed by atoms with Gasteiger partial charge in [0.15, 0.2) is 11.5 Å². The Kier molecular flexibility index (Phi) is 3.17. The summed E-state index contributed by atoms with van der Waals surface area (Å²) >= 11 is 0.